The first-order chi connectivity index (χ1) is 12.2. The Morgan fingerprint density at radius 1 is 1.32 bits per heavy atom. The Morgan fingerprint density at radius 2 is 2.12 bits per heavy atom. The van der Waals surface area contributed by atoms with E-state index in [0.29, 0.717) is 6.42 Å². The summed E-state index contributed by atoms with van der Waals surface area (Å²) in [6, 6.07) is -0.580. The van der Waals surface area contributed by atoms with Crippen LogP contribution in [0.2, 0.25) is 0 Å². The molecule has 2 aliphatic rings. The molecule has 0 radical (unpaired) electrons. The van der Waals surface area contributed by atoms with Crippen molar-refractivity contribution in [1.82, 2.24) is 9.55 Å². The minimum absolute atomic E-state index is 0.00749. The van der Waals surface area contributed by atoms with E-state index in [9.17, 15) is 9.59 Å². The van der Waals surface area contributed by atoms with Crippen molar-refractivity contribution in [2.24, 2.45) is 0 Å². The highest BCUT2D eigenvalue weighted by molar-refractivity contribution is 7.18. The lowest BCUT2D eigenvalue weighted by Crippen LogP contribution is -2.33. The van der Waals surface area contributed by atoms with Crippen LogP contribution in [-0.2, 0) is 22.4 Å². The molecule has 4 rings (SSSR count). The molecule has 6 heteroatoms. The average molecular weight is 360 g/mol. The number of ether oxygens (including phenoxy) is 1. The molecular weight excluding hydrogens is 336 g/mol. The van der Waals surface area contributed by atoms with Gasteiger partial charge in [0.25, 0.3) is 5.56 Å². The zero-order valence-corrected chi connectivity index (χ0v) is 15.4. The number of esters is 1. The van der Waals surface area contributed by atoms with E-state index in [-0.39, 0.29) is 17.6 Å². The second-order valence-electron chi connectivity index (χ2n) is 7.12. The van der Waals surface area contributed by atoms with Crippen molar-refractivity contribution in [1.29, 1.82) is 0 Å². The van der Waals surface area contributed by atoms with Gasteiger partial charge in [0.1, 0.15) is 17.0 Å². The van der Waals surface area contributed by atoms with E-state index < -0.39 is 6.04 Å². The molecule has 2 aromatic heterocycles. The molecule has 2 aromatic rings. The molecule has 25 heavy (non-hydrogen) atoms. The van der Waals surface area contributed by atoms with Crippen molar-refractivity contribution in [2.75, 3.05) is 0 Å². The smallest absolute Gasteiger partial charge is 0.329 e. The number of nitrogens with zero attached hydrogens (tertiary/aromatic N) is 2. The number of hydrogen-bond acceptors (Lipinski definition) is 5. The minimum atomic E-state index is -0.580. The van der Waals surface area contributed by atoms with Gasteiger partial charge in [-0.15, -0.1) is 11.3 Å². The van der Waals surface area contributed by atoms with Crippen LogP contribution < -0.4 is 5.56 Å². The third-order valence-corrected chi connectivity index (χ3v) is 6.68. The molecule has 1 saturated carbocycles. The molecule has 0 saturated heterocycles. The summed E-state index contributed by atoms with van der Waals surface area (Å²) in [4.78, 5) is 32.3. The summed E-state index contributed by atoms with van der Waals surface area (Å²) in [5.74, 6) is -0.287. The first kappa shape index (κ1) is 16.8. The topological polar surface area (TPSA) is 61.2 Å². The molecule has 0 unspecified atom stereocenters. The van der Waals surface area contributed by atoms with Crippen LogP contribution in [0.5, 0.6) is 0 Å². The molecule has 0 amide bonds. The summed E-state index contributed by atoms with van der Waals surface area (Å²) in [7, 11) is 0. The van der Waals surface area contributed by atoms with Crippen LogP contribution in [0.25, 0.3) is 10.2 Å². The van der Waals surface area contributed by atoms with Crippen LogP contribution in [-0.4, -0.2) is 21.6 Å². The Balaban J connectivity index is 1.65. The van der Waals surface area contributed by atoms with Crippen molar-refractivity contribution in [3.05, 3.63) is 27.1 Å². The fourth-order valence-electron chi connectivity index (χ4n) is 4.12. The Morgan fingerprint density at radius 3 is 2.88 bits per heavy atom. The lowest BCUT2D eigenvalue weighted by atomic mass is 9.98. The maximum absolute atomic E-state index is 13.1. The SMILES string of the molecule is CC[C@@H](C(=O)OC1CCCCC1)n1cnc2sc3c(c2c1=O)CCC3. The van der Waals surface area contributed by atoms with E-state index in [0.717, 1.165) is 60.7 Å². The third kappa shape index (κ3) is 3.01. The van der Waals surface area contributed by atoms with E-state index in [4.69, 9.17) is 4.74 Å². The number of aromatic nitrogens is 2. The summed E-state index contributed by atoms with van der Waals surface area (Å²) in [6.07, 6.45) is 10.5. The average Bonchev–Trinajstić information content (AvgIpc) is 3.19. The van der Waals surface area contributed by atoms with E-state index in [2.05, 4.69) is 4.98 Å². The molecular formula is C19H24N2O3S. The van der Waals surface area contributed by atoms with Gasteiger partial charge in [-0.3, -0.25) is 9.36 Å². The number of hydrogen-bond donors (Lipinski definition) is 0. The Kier molecular flexibility index (Phi) is 4.63. The summed E-state index contributed by atoms with van der Waals surface area (Å²) >= 11 is 1.62. The molecule has 5 nitrogen and oxygen atoms in total. The van der Waals surface area contributed by atoms with Crippen molar-refractivity contribution >= 4 is 27.5 Å². The monoisotopic (exact) mass is 360 g/mol. The Labute approximate surface area is 151 Å². The van der Waals surface area contributed by atoms with Crippen molar-refractivity contribution in [3.63, 3.8) is 0 Å². The van der Waals surface area contributed by atoms with Crippen molar-refractivity contribution < 1.29 is 9.53 Å². The van der Waals surface area contributed by atoms with Crippen molar-refractivity contribution in [3.8, 4) is 0 Å². The van der Waals surface area contributed by atoms with Gasteiger partial charge in [-0.05, 0) is 56.9 Å². The van der Waals surface area contributed by atoms with Crippen LogP contribution in [0.15, 0.2) is 11.1 Å². The minimum Gasteiger partial charge on any atom is -0.461 e. The fourth-order valence-corrected chi connectivity index (χ4v) is 5.34. The maximum Gasteiger partial charge on any atom is 0.329 e. The summed E-state index contributed by atoms with van der Waals surface area (Å²) < 4.78 is 7.21. The largest absolute Gasteiger partial charge is 0.461 e. The normalized spacial score (nSPS) is 19.1. The highest BCUT2D eigenvalue weighted by atomic mass is 32.1. The molecule has 1 atom stereocenters. The molecule has 2 heterocycles. The highest BCUT2D eigenvalue weighted by Gasteiger charge is 2.28. The van der Waals surface area contributed by atoms with Crippen LogP contribution in [0.3, 0.4) is 0 Å². The lowest BCUT2D eigenvalue weighted by molar-refractivity contribution is -0.154. The number of carbonyl (C=O) groups excluding carboxylic acids is 1. The first-order valence-electron chi connectivity index (χ1n) is 9.41. The van der Waals surface area contributed by atoms with Gasteiger partial charge < -0.3 is 4.74 Å². The summed E-state index contributed by atoms with van der Waals surface area (Å²) in [6.45, 7) is 1.92. The molecule has 134 valence electrons. The predicted molar refractivity (Wildman–Crippen MR) is 98.2 cm³/mol. The second kappa shape index (κ2) is 6.90. The summed E-state index contributed by atoms with van der Waals surface area (Å²) in [5, 5.41) is 0.726. The number of aryl methyl sites for hydroxylation is 2. The van der Waals surface area contributed by atoms with Gasteiger partial charge in [0.05, 0.1) is 11.7 Å². The number of fused-ring (bicyclic) bond motifs is 3. The molecule has 0 aromatic carbocycles. The first-order valence-corrected chi connectivity index (χ1v) is 10.2. The lowest BCUT2D eigenvalue weighted by Gasteiger charge is -2.25. The zero-order valence-electron chi connectivity index (χ0n) is 14.6. The van der Waals surface area contributed by atoms with E-state index in [1.54, 1.807) is 11.3 Å². The van der Waals surface area contributed by atoms with Crippen LogP contribution in [0.4, 0.5) is 0 Å². The third-order valence-electron chi connectivity index (χ3n) is 5.48. The van der Waals surface area contributed by atoms with Crippen LogP contribution in [0.1, 0.15) is 68.4 Å². The quantitative estimate of drug-likeness (QED) is 0.779. The second-order valence-corrected chi connectivity index (χ2v) is 8.20. The predicted octanol–water partition coefficient (Wildman–Crippen LogP) is 3.77. The number of rotatable bonds is 4. The van der Waals surface area contributed by atoms with Gasteiger partial charge in [-0.25, -0.2) is 9.78 Å². The van der Waals surface area contributed by atoms with Gasteiger partial charge in [0.2, 0.25) is 0 Å². The maximum atomic E-state index is 13.1. The van der Waals surface area contributed by atoms with Gasteiger partial charge in [0.15, 0.2) is 0 Å². The highest BCUT2D eigenvalue weighted by Crippen LogP contribution is 2.34. The number of thiophene rings is 1. The fraction of sp³-hybridized carbons (Fsp3) is 0.632. The Bertz CT molecular complexity index is 848. The molecule has 0 bridgehead atoms. The summed E-state index contributed by atoms with van der Waals surface area (Å²) in [5.41, 5.74) is 1.07. The van der Waals surface area contributed by atoms with Crippen molar-refractivity contribution in [2.45, 2.75) is 76.9 Å². The number of carbonyl (C=O) groups is 1. The zero-order chi connectivity index (χ0) is 17.4. The Hall–Kier alpha value is -1.69. The molecule has 0 aliphatic heterocycles. The van der Waals surface area contributed by atoms with E-state index in [1.807, 2.05) is 6.92 Å². The molecule has 2 aliphatic carbocycles. The van der Waals surface area contributed by atoms with Gasteiger partial charge in [-0.2, -0.15) is 0 Å². The van der Waals surface area contributed by atoms with Gasteiger partial charge in [-0.1, -0.05) is 13.3 Å². The molecule has 0 N–H and O–H groups in total. The van der Waals surface area contributed by atoms with E-state index in [1.165, 1.54) is 22.2 Å². The molecule has 0 spiro atoms. The van der Waals surface area contributed by atoms with Crippen LogP contribution in [0, 0.1) is 0 Å². The molecule has 1 fully saturated rings. The standard InChI is InChI=1S/C19H24N2O3S/c1-2-14(19(23)24-12-7-4-3-5-8-12)21-11-20-17-16(18(21)22)13-9-6-10-15(13)25-17/h11-12,14H,2-10H2,1H3/t14-/m0/s1. The van der Waals surface area contributed by atoms with E-state index >= 15 is 0 Å². The van der Waals surface area contributed by atoms with Gasteiger partial charge in [0, 0.05) is 4.88 Å². The van der Waals surface area contributed by atoms with Gasteiger partial charge >= 0.3 is 5.97 Å². The van der Waals surface area contributed by atoms with Crippen LogP contribution >= 0.6 is 11.3 Å².